The van der Waals surface area contributed by atoms with Gasteiger partial charge in [0.2, 0.25) is 0 Å². The Labute approximate surface area is 134 Å². The molecule has 0 bridgehead atoms. The van der Waals surface area contributed by atoms with E-state index in [1.165, 1.54) is 0 Å². The number of anilines is 2. The Bertz CT molecular complexity index is 809. The van der Waals surface area contributed by atoms with Crippen molar-refractivity contribution >= 4 is 22.4 Å². The number of nitrogen functional groups attached to an aromatic ring is 1. The van der Waals surface area contributed by atoms with E-state index in [-0.39, 0.29) is 0 Å². The number of aromatic nitrogens is 3. The van der Waals surface area contributed by atoms with Crippen molar-refractivity contribution < 1.29 is 4.74 Å². The van der Waals surface area contributed by atoms with E-state index in [1.54, 1.807) is 6.20 Å². The maximum absolute atomic E-state index is 6.00. The summed E-state index contributed by atoms with van der Waals surface area (Å²) in [6, 6.07) is 10.5. The highest BCUT2D eigenvalue weighted by atomic mass is 16.5. The predicted molar refractivity (Wildman–Crippen MR) is 91.2 cm³/mol. The summed E-state index contributed by atoms with van der Waals surface area (Å²) in [5.74, 6) is 0.522. The van der Waals surface area contributed by atoms with Crippen molar-refractivity contribution in [2.24, 2.45) is 0 Å². The zero-order valence-electron chi connectivity index (χ0n) is 12.7. The summed E-state index contributed by atoms with van der Waals surface area (Å²) in [4.78, 5) is 4.48. The van der Waals surface area contributed by atoms with Crippen molar-refractivity contribution in [3.05, 3.63) is 36.5 Å². The number of nitrogens with two attached hydrogens (primary N) is 1. The van der Waals surface area contributed by atoms with Gasteiger partial charge in [-0.05, 0) is 25.0 Å². The molecule has 1 fully saturated rings. The maximum atomic E-state index is 6.00. The number of aromatic amines is 1. The molecular weight excluding hydrogens is 290 g/mol. The Balaban J connectivity index is 1.72. The summed E-state index contributed by atoms with van der Waals surface area (Å²) in [5.41, 5.74) is 9.94. The molecule has 0 amide bonds. The summed E-state index contributed by atoms with van der Waals surface area (Å²) in [6.07, 6.45) is 3.76. The van der Waals surface area contributed by atoms with E-state index in [2.05, 4.69) is 32.6 Å². The number of fused-ring (bicyclic) bond motifs is 1. The van der Waals surface area contributed by atoms with Crippen LogP contribution in [-0.2, 0) is 4.74 Å². The van der Waals surface area contributed by atoms with Crippen LogP contribution in [0.2, 0.25) is 0 Å². The molecule has 6 nitrogen and oxygen atoms in total. The summed E-state index contributed by atoms with van der Waals surface area (Å²) >= 11 is 0. The molecule has 3 aromatic rings. The number of benzene rings is 1. The van der Waals surface area contributed by atoms with Gasteiger partial charge in [0.15, 0.2) is 0 Å². The van der Waals surface area contributed by atoms with E-state index >= 15 is 0 Å². The van der Waals surface area contributed by atoms with Crippen LogP contribution in [-0.4, -0.2) is 34.4 Å². The van der Waals surface area contributed by atoms with E-state index in [1.807, 2.05) is 18.2 Å². The minimum atomic E-state index is 0.418. The second-order valence-corrected chi connectivity index (χ2v) is 5.83. The number of hydrogen-bond donors (Lipinski definition) is 3. The first-order chi connectivity index (χ1) is 11.3. The van der Waals surface area contributed by atoms with Crippen molar-refractivity contribution in [1.29, 1.82) is 0 Å². The Kier molecular flexibility index (Phi) is 3.59. The van der Waals surface area contributed by atoms with Crippen LogP contribution in [0.15, 0.2) is 36.5 Å². The van der Waals surface area contributed by atoms with Gasteiger partial charge in [-0.1, -0.05) is 12.1 Å². The van der Waals surface area contributed by atoms with Gasteiger partial charge in [-0.15, -0.1) is 0 Å². The largest absolute Gasteiger partial charge is 0.384 e. The quantitative estimate of drug-likeness (QED) is 0.692. The van der Waals surface area contributed by atoms with Crippen LogP contribution in [0.25, 0.3) is 22.2 Å². The first-order valence-corrected chi connectivity index (χ1v) is 7.84. The highest BCUT2D eigenvalue weighted by molar-refractivity contribution is 5.95. The monoisotopic (exact) mass is 309 g/mol. The third-order valence-corrected chi connectivity index (χ3v) is 4.22. The van der Waals surface area contributed by atoms with Gasteiger partial charge in [0.25, 0.3) is 0 Å². The van der Waals surface area contributed by atoms with Gasteiger partial charge in [0.1, 0.15) is 5.82 Å². The molecule has 1 aliphatic rings. The third kappa shape index (κ3) is 2.85. The fourth-order valence-electron chi connectivity index (χ4n) is 3.01. The first kappa shape index (κ1) is 14.0. The lowest BCUT2D eigenvalue weighted by Crippen LogP contribution is -2.28. The predicted octanol–water partition coefficient (Wildman–Crippen LogP) is 2.80. The normalized spacial score (nSPS) is 15.8. The van der Waals surface area contributed by atoms with Gasteiger partial charge < -0.3 is 15.8 Å². The fraction of sp³-hybridized carbons (Fsp3) is 0.294. The molecule has 6 heteroatoms. The second-order valence-electron chi connectivity index (χ2n) is 5.83. The highest BCUT2D eigenvalue weighted by Gasteiger charge is 2.15. The average molecular weight is 309 g/mol. The van der Waals surface area contributed by atoms with Gasteiger partial charge >= 0.3 is 0 Å². The van der Waals surface area contributed by atoms with Crippen molar-refractivity contribution in [2.45, 2.75) is 18.9 Å². The zero-order chi connectivity index (χ0) is 15.6. The number of H-pyrrole nitrogens is 1. The molecule has 118 valence electrons. The van der Waals surface area contributed by atoms with E-state index in [0.717, 1.165) is 53.9 Å². The summed E-state index contributed by atoms with van der Waals surface area (Å²) in [5, 5.41) is 11.6. The zero-order valence-corrected chi connectivity index (χ0v) is 12.7. The van der Waals surface area contributed by atoms with Crippen LogP contribution < -0.4 is 11.1 Å². The molecule has 2 aromatic heterocycles. The van der Waals surface area contributed by atoms with Crippen LogP contribution in [0, 0.1) is 0 Å². The average Bonchev–Trinajstić information content (AvgIpc) is 3.09. The molecule has 1 aromatic carbocycles. The van der Waals surface area contributed by atoms with Crippen LogP contribution in [0.4, 0.5) is 11.5 Å². The van der Waals surface area contributed by atoms with E-state index in [9.17, 15) is 0 Å². The highest BCUT2D eigenvalue weighted by Crippen LogP contribution is 2.29. The minimum absolute atomic E-state index is 0.418. The van der Waals surface area contributed by atoms with E-state index < -0.39 is 0 Å². The van der Waals surface area contributed by atoms with Gasteiger partial charge in [-0.2, -0.15) is 5.10 Å². The van der Waals surface area contributed by atoms with E-state index in [0.29, 0.717) is 11.9 Å². The van der Waals surface area contributed by atoms with Gasteiger partial charge in [0.05, 0.1) is 11.2 Å². The van der Waals surface area contributed by atoms with Gasteiger partial charge in [-0.3, -0.25) is 5.10 Å². The molecule has 0 radical (unpaired) electrons. The number of ether oxygens (including phenoxy) is 1. The molecule has 0 spiro atoms. The molecule has 3 heterocycles. The maximum Gasteiger partial charge on any atom is 0.126 e. The Morgan fingerprint density at radius 2 is 2.04 bits per heavy atom. The van der Waals surface area contributed by atoms with Crippen molar-refractivity contribution in [2.75, 3.05) is 24.3 Å². The smallest absolute Gasteiger partial charge is 0.126 e. The summed E-state index contributed by atoms with van der Waals surface area (Å²) in [7, 11) is 0. The topological polar surface area (TPSA) is 88.9 Å². The Morgan fingerprint density at radius 1 is 1.17 bits per heavy atom. The van der Waals surface area contributed by atoms with Gasteiger partial charge in [0, 0.05) is 48.2 Å². The SMILES string of the molecule is Nc1cc(NC2CCOCC2)c2ccc(-c3ccn[nH]3)cc2n1. The molecule has 0 saturated carbocycles. The number of rotatable bonds is 3. The van der Waals surface area contributed by atoms with Crippen molar-refractivity contribution in [1.82, 2.24) is 15.2 Å². The molecule has 23 heavy (non-hydrogen) atoms. The minimum Gasteiger partial charge on any atom is -0.384 e. The number of hydrogen-bond acceptors (Lipinski definition) is 5. The molecule has 4 rings (SSSR count). The van der Waals surface area contributed by atoms with E-state index in [4.69, 9.17) is 10.5 Å². The lowest BCUT2D eigenvalue weighted by atomic mass is 10.1. The molecule has 1 saturated heterocycles. The number of nitrogens with zero attached hydrogens (tertiary/aromatic N) is 2. The summed E-state index contributed by atoms with van der Waals surface area (Å²) < 4.78 is 5.42. The molecule has 0 atom stereocenters. The summed E-state index contributed by atoms with van der Waals surface area (Å²) in [6.45, 7) is 1.61. The first-order valence-electron chi connectivity index (χ1n) is 7.84. The molecular formula is C17H19N5O. The molecule has 0 unspecified atom stereocenters. The van der Waals surface area contributed by atoms with Crippen molar-refractivity contribution in [3.8, 4) is 11.3 Å². The third-order valence-electron chi connectivity index (χ3n) is 4.22. The van der Waals surface area contributed by atoms with Gasteiger partial charge in [-0.25, -0.2) is 4.98 Å². The molecule has 4 N–H and O–H groups in total. The Morgan fingerprint density at radius 3 is 2.83 bits per heavy atom. The number of pyridine rings is 1. The standard InChI is InChI=1S/C17H19N5O/c18-17-10-16(20-12-4-7-23-8-5-12)13-2-1-11(9-15(13)21-17)14-3-6-19-22-14/h1-3,6,9-10,12H,4-5,7-8H2,(H,19,22)(H3,18,20,21). The van der Waals surface area contributed by atoms with Crippen molar-refractivity contribution in [3.63, 3.8) is 0 Å². The Hall–Kier alpha value is -2.60. The lowest BCUT2D eigenvalue weighted by molar-refractivity contribution is 0.0905. The van der Waals surface area contributed by atoms with Crippen LogP contribution in [0.5, 0.6) is 0 Å². The number of nitrogens with one attached hydrogen (secondary N) is 2. The van der Waals surface area contributed by atoms with Crippen LogP contribution in [0.1, 0.15) is 12.8 Å². The lowest BCUT2D eigenvalue weighted by Gasteiger charge is -2.25. The molecule has 1 aliphatic heterocycles. The fourth-order valence-corrected chi connectivity index (χ4v) is 3.01. The molecule has 0 aliphatic carbocycles. The second kappa shape index (κ2) is 5.89. The van der Waals surface area contributed by atoms with Crippen LogP contribution in [0.3, 0.4) is 0 Å². The van der Waals surface area contributed by atoms with Crippen LogP contribution >= 0.6 is 0 Å².